The van der Waals surface area contributed by atoms with Gasteiger partial charge in [-0.15, -0.1) is 11.8 Å². The van der Waals surface area contributed by atoms with E-state index in [1.165, 1.54) is 12.8 Å². The lowest BCUT2D eigenvalue weighted by Crippen LogP contribution is -2.32. The molecule has 0 bridgehead atoms. The minimum atomic E-state index is 0.109. The average molecular weight is 272 g/mol. The second kappa shape index (κ2) is 9.42. The van der Waals surface area contributed by atoms with Gasteiger partial charge in [-0.25, -0.2) is 0 Å². The molecule has 0 aliphatic carbocycles. The first-order chi connectivity index (χ1) is 8.68. The van der Waals surface area contributed by atoms with Crippen LogP contribution in [0.4, 0.5) is 0 Å². The van der Waals surface area contributed by atoms with E-state index in [2.05, 4.69) is 17.2 Å². The second-order valence-corrected chi connectivity index (χ2v) is 5.91. The van der Waals surface area contributed by atoms with Gasteiger partial charge in [0.1, 0.15) is 0 Å². The van der Waals surface area contributed by atoms with Crippen LogP contribution in [-0.4, -0.2) is 49.8 Å². The normalized spacial score (nSPS) is 16.5. The van der Waals surface area contributed by atoms with Crippen LogP contribution < -0.4 is 10.6 Å². The standard InChI is InChI=1S/C13H24N2O2S/c1-11(2)9-17-8-7-15-13(16)10-18-12-3-5-14-6-4-12/h12,14H,1,3-10H2,2H3,(H,15,16). The van der Waals surface area contributed by atoms with Crippen LogP contribution in [-0.2, 0) is 9.53 Å². The molecular formula is C13H24N2O2S. The van der Waals surface area contributed by atoms with Crippen LogP contribution >= 0.6 is 11.8 Å². The maximum Gasteiger partial charge on any atom is 0.230 e. The van der Waals surface area contributed by atoms with E-state index in [0.29, 0.717) is 30.8 Å². The number of hydrogen-bond donors (Lipinski definition) is 2. The Morgan fingerprint density at radius 1 is 1.50 bits per heavy atom. The van der Waals surface area contributed by atoms with E-state index in [9.17, 15) is 4.79 Å². The van der Waals surface area contributed by atoms with Gasteiger partial charge in [0.25, 0.3) is 0 Å². The maximum absolute atomic E-state index is 11.6. The zero-order valence-corrected chi connectivity index (χ0v) is 12.0. The van der Waals surface area contributed by atoms with Gasteiger partial charge in [0.2, 0.25) is 5.91 Å². The summed E-state index contributed by atoms with van der Waals surface area (Å²) in [5, 5.41) is 6.82. The molecule has 0 spiro atoms. The number of amides is 1. The number of ether oxygens (including phenoxy) is 1. The third kappa shape index (κ3) is 7.74. The van der Waals surface area contributed by atoms with Crippen LogP contribution in [0.25, 0.3) is 0 Å². The molecule has 0 unspecified atom stereocenters. The lowest BCUT2D eigenvalue weighted by Gasteiger charge is -2.21. The summed E-state index contributed by atoms with van der Waals surface area (Å²) in [6.07, 6.45) is 2.33. The number of carbonyl (C=O) groups is 1. The van der Waals surface area contributed by atoms with Crippen molar-refractivity contribution in [3.8, 4) is 0 Å². The molecular weight excluding hydrogens is 248 g/mol. The third-order valence-corrected chi connectivity index (χ3v) is 4.03. The van der Waals surface area contributed by atoms with Crippen molar-refractivity contribution >= 4 is 17.7 Å². The van der Waals surface area contributed by atoms with Gasteiger partial charge in [-0.1, -0.05) is 12.2 Å². The largest absolute Gasteiger partial charge is 0.375 e. The number of carbonyl (C=O) groups excluding carboxylic acids is 1. The average Bonchev–Trinajstić information content (AvgIpc) is 2.37. The lowest BCUT2D eigenvalue weighted by atomic mass is 10.2. The van der Waals surface area contributed by atoms with Gasteiger partial charge < -0.3 is 15.4 Å². The van der Waals surface area contributed by atoms with Crippen LogP contribution in [0.1, 0.15) is 19.8 Å². The zero-order valence-electron chi connectivity index (χ0n) is 11.2. The van der Waals surface area contributed by atoms with Gasteiger partial charge in [-0.3, -0.25) is 4.79 Å². The van der Waals surface area contributed by atoms with E-state index < -0.39 is 0 Å². The first kappa shape index (κ1) is 15.5. The van der Waals surface area contributed by atoms with Crippen molar-refractivity contribution in [2.45, 2.75) is 25.0 Å². The highest BCUT2D eigenvalue weighted by Crippen LogP contribution is 2.19. The molecule has 0 aromatic rings. The molecule has 1 aliphatic rings. The molecule has 1 saturated heterocycles. The molecule has 18 heavy (non-hydrogen) atoms. The Labute approximate surface area is 114 Å². The molecule has 0 aromatic heterocycles. The van der Waals surface area contributed by atoms with E-state index in [-0.39, 0.29) is 5.91 Å². The van der Waals surface area contributed by atoms with Crippen molar-refractivity contribution in [2.24, 2.45) is 0 Å². The van der Waals surface area contributed by atoms with Crippen LogP contribution in [0.3, 0.4) is 0 Å². The van der Waals surface area contributed by atoms with Crippen LogP contribution in [0.15, 0.2) is 12.2 Å². The van der Waals surface area contributed by atoms with Crippen LogP contribution in [0.5, 0.6) is 0 Å². The first-order valence-corrected chi connectivity index (χ1v) is 7.54. The molecule has 1 aliphatic heterocycles. The van der Waals surface area contributed by atoms with E-state index in [4.69, 9.17) is 4.74 Å². The fourth-order valence-corrected chi connectivity index (χ4v) is 2.77. The molecule has 4 nitrogen and oxygen atoms in total. The van der Waals surface area contributed by atoms with Gasteiger partial charge in [0.05, 0.1) is 19.0 Å². The lowest BCUT2D eigenvalue weighted by molar-refractivity contribution is -0.118. The Bertz CT molecular complexity index is 266. The first-order valence-electron chi connectivity index (χ1n) is 6.49. The summed E-state index contributed by atoms with van der Waals surface area (Å²) in [5.41, 5.74) is 1.00. The Morgan fingerprint density at radius 3 is 2.89 bits per heavy atom. The van der Waals surface area contributed by atoms with E-state index in [1.54, 1.807) is 11.8 Å². The number of rotatable bonds is 8. The van der Waals surface area contributed by atoms with Gasteiger partial charge in [0.15, 0.2) is 0 Å². The minimum Gasteiger partial charge on any atom is -0.375 e. The summed E-state index contributed by atoms with van der Waals surface area (Å²) in [4.78, 5) is 11.6. The SMILES string of the molecule is C=C(C)COCCNC(=O)CSC1CCNCC1. The molecule has 1 heterocycles. The summed E-state index contributed by atoms with van der Waals surface area (Å²) in [5.74, 6) is 0.669. The number of nitrogens with one attached hydrogen (secondary N) is 2. The van der Waals surface area contributed by atoms with E-state index in [1.807, 2.05) is 6.92 Å². The quantitative estimate of drug-likeness (QED) is 0.515. The second-order valence-electron chi connectivity index (χ2n) is 4.62. The fraction of sp³-hybridized carbons (Fsp3) is 0.769. The predicted octanol–water partition coefficient (Wildman–Crippen LogP) is 1.18. The van der Waals surface area contributed by atoms with Gasteiger partial charge in [-0.05, 0) is 32.9 Å². The summed E-state index contributed by atoms with van der Waals surface area (Å²) in [6.45, 7) is 9.53. The maximum atomic E-state index is 11.6. The summed E-state index contributed by atoms with van der Waals surface area (Å²) >= 11 is 1.77. The Balaban J connectivity index is 1.94. The predicted molar refractivity (Wildman–Crippen MR) is 77.0 cm³/mol. The molecule has 5 heteroatoms. The van der Waals surface area contributed by atoms with E-state index >= 15 is 0 Å². The fourth-order valence-electron chi connectivity index (χ4n) is 1.72. The van der Waals surface area contributed by atoms with Gasteiger partial charge >= 0.3 is 0 Å². The molecule has 1 fully saturated rings. The zero-order chi connectivity index (χ0) is 13.2. The number of thioether (sulfide) groups is 1. The van der Waals surface area contributed by atoms with Crippen molar-refractivity contribution in [1.82, 2.24) is 10.6 Å². The number of piperidine rings is 1. The van der Waals surface area contributed by atoms with Crippen LogP contribution in [0.2, 0.25) is 0 Å². The highest BCUT2D eigenvalue weighted by Gasteiger charge is 2.14. The molecule has 0 aromatic carbocycles. The van der Waals surface area contributed by atoms with Crippen molar-refractivity contribution in [3.05, 3.63) is 12.2 Å². The van der Waals surface area contributed by atoms with Crippen molar-refractivity contribution in [2.75, 3.05) is 38.6 Å². The highest BCUT2D eigenvalue weighted by molar-refractivity contribution is 8.00. The van der Waals surface area contributed by atoms with Gasteiger partial charge in [0, 0.05) is 11.8 Å². The minimum absolute atomic E-state index is 0.109. The summed E-state index contributed by atoms with van der Waals surface area (Å²) in [7, 11) is 0. The molecule has 1 rings (SSSR count). The molecule has 104 valence electrons. The Hall–Kier alpha value is -0.520. The van der Waals surface area contributed by atoms with Crippen LogP contribution in [0, 0.1) is 0 Å². The monoisotopic (exact) mass is 272 g/mol. The molecule has 2 N–H and O–H groups in total. The topological polar surface area (TPSA) is 50.4 Å². The molecule has 0 radical (unpaired) electrons. The van der Waals surface area contributed by atoms with Gasteiger partial charge in [-0.2, -0.15) is 0 Å². The Morgan fingerprint density at radius 2 is 2.22 bits per heavy atom. The van der Waals surface area contributed by atoms with Crippen molar-refractivity contribution in [3.63, 3.8) is 0 Å². The summed E-state index contributed by atoms with van der Waals surface area (Å²) < 4.78 is 5.31. The molecule has 0 atom stereocenters. The van der Waals surface area contributed by atoms with Crippen molar-refractivity contribution in [1.29, 1.82) is 0 Å². The Kier molecular flexibility index (Phi) is 8.13. The molecule has 0 saturated carbocycles. The third-order valence-electron chi connectivity index (χ3n) is 2.65. The van der Waals surface area contributed by atoms with E-state index in [0.717, 1.165) is 18.7 Å². The highest BCUT2D eigenvalue weighted by atomic mass is 32.2. The summed E-state index contributed by atoms with van der Waals surface area (Å²) in [6, 6.07) is 0. The van der Waals surface area contributed by atoms with Crippen molar-refractivity contribution < 1.29 is 9.53 Å². The number of hydrogen-bond acceptors (Lipinski definition) is 4. The smallest absolute Gasteiger partial charge is 0.230 e. The molecule has 1 amide bonds.